The number of anilines is 1. The summed E-state index contributed by atoms with van der Waals surface area (Å²) >= 11 is 0. The minimum Gasteiger partial charge on any atom is -0.495 e. The van der Waals surface area contributed by atoms with Crippen LogP contribution in [0.3, 0.4) is 0 Å². The van der Waals surface area contributed by atoms with Gasteiger partial charge in [-0.3, -0.25) is 4.31 Å². The van der Waals surface area contributed by atoms with Gasteiger partial charge in [0.05, 0.1) is 30.8 Å². The lowest BCUT2D eigenvalue weighted by Crippen LogP contribution is -2.98. The quantitative estimate of drug-likeness (QED) is 0.533. The van der Waals surface area contributed by atoms with Crippen molar-refractivity contribution in [2.24, 2.45) is 0 Å². The Bertz CT molecular complexity index is 856. The maximum atomic E-state index is 13.3. The van der Waals surface area contributed by atoms with E-state index in [4.69, 9.17) is 4.74 Å². The molecule has 2 aromatic rings. The van der Waals surface area contributed by atoms with E-state index in [0.717, 1.165) is 0 Å². The lowest BCUT2D eigenvalue weighted by molar-refractivity contribution is -0.726. The monoisotopic (exact) mass is 409 g/mol. The molecule has 0 unspecified atom stereocenters. The number of ether oxygens (including phenoxy) is 1. The summed E-state index contributed by atoms with van der Waals surface area (Å²) in [5, 5.41) is 21.7. The van der Waals surface area contributed by atoms with Gasteiger partial charge in [0.25, 0.3) is 10.0 Å². The highest BCUT2D eigenvalue weighted by Gasteiger charge is 2.30. The van der Waals surface area contributed by atoms with Crippen molar-refractivity contribution in [2.45, 2.75) is 30.4 Å². The Morgan fingerprint density at radius 1 is 1.11 bits per heavy atom. The van der Waals surface area contributed by atoms with Crippen molar-refractivity contribution in [3.63, 3.8) is 0 Å². The third-order valence-corrected chi connectivity index (χ3v) is 6.21. The van der Waals surface area contributed by atoms with E-state index in [1.165, 1.54) is 23.5 Å². The minimum absolute atomic E-state index is 0.0573. The molecule has 0 aromatic heterocycles. The van der Waals surface area contributed by atoms with Crippen LogP contribution in [0.1, 0.15) is 13.8 Å². The van der Waals surface area contributed by atoms with E-state index in [1.807, 2.05) is 13.8 Å². The van der Waals surface area contributed by atoms with E-state index in [-0.39, 0.29) is 24.6 Å². The second-order valence-electron chi connectivity index (χ2n) is 7.26. The molecule has 0 fully saturated rings. The minimum atomic E-state index is -3.91. The molecule has 0 aliphatic rings. The maximum Gasteiger partial charge on any atom is 0.264 e. The number of benzene rings is 2. The zero-order valence-electron chi connectivity index (χ0n) is 16.4. The summed E-state index contributed by atoms with van der Waals surface area (Å²) < 4.78 is 33.1. The summed E-state index contributed by atoms with van der Waals surface area (Å²) in [4.78, 5) is 0.132. The number of hydrogen-bond acceptors (Lipinski definition) is 5. The van der Waals surface area contributed by atoms with Crippen LogP contribution >= 0.6 is 0 Å². The van der Waals surface area contributed by atoms with Crippen molar-refractivity contribution >= 4 is 15.7 Å². The van der Waals surface area contributed by atoms with Gasteiger partial charge in [0.1, 0.15) is 23.9 Å². The fraction of sp³-hybridized carbons (Fsp3) is 0.400. The second-order valence-corrected chi connectivity index (χ2v) is 9.12. The molecule has 7 nitrogen and oxygen atoms in total. The largest absolute Gasteiger partial charge is 0.495 e. The Morgan fingerprint density at radius 3 is 2.32 bits per heavy atom. The number of methoxy groups -OCH3 is 1. The molecule has 2 aromatic carbocycles. The standard InChI is InChI=1S/C20H28N2O5S/c1-20(2,15-23)21-13-16(24)14-22(18-11-7-8-12-19(18)27-3)28(25,26)17-9-5-4-6-10-17/h4-12,16,21,23-24H,13-15H2,1-3H3/p+1/t16-/m0/s1. The first-order valence-electron chi connectivity index (χ1n) is 9.05. The number of aliphatic hydroxyl groups excluding tert-OH is 2. The Hall–Kier alpha value is -2.13. The number of nitrogens with zero attached hydrogens (tertiary/aromatic N) is 1. The van der Waals surface area contributed by atoms with E-state index < -0.39 is 21.7 Å². The molecule has 0 radical (unpaired) electrons. The summed E-state index contributed by atoms with van der Waals surface area (Å²) in [6.45, 7) is 3.73. The lowest BCUT2D eigenvalue weighted by atomic mass is 10.1. The molecular formula is C20H29N2O5S+. The van der Waals surface area contributed by atoms with E-state index in [2.05, 4.69) is 0 Å². The van der Waals surface area contributed by atoms with E-state index in [1.54, 1.807) is 47.8 Å². The van der Waals surface area contributed by atoms with Crippen LogP contribution in [0.25, 0.3) is 0 Å². The smallest absolute Gasteiger partial charge is 0.264 e. The van der Waals surface area contributed by atoms with Crippen molar-refractivity contribution < 1.29 is 28.7 Å². The normalized spacial score (nSPS) is 13.2. The molecule has 0 spiro atoms. The van der Waals surface area contributed by atoms with Crippen LogP contribution in [0.2, 0.25) is 0 Å². The Kier molecular flexibility index (Phi) is 7.42. The average molecular weight is 410 g/mol. The maximum absolute atomic E-state index is 13.3. The van der Waals surface area contributed by atoms with Gasteiger partial charge in [0.2, 0.25) is 0 Å². The summed E-state index contributed by atoms with van der Waals surface area (Å²) in [5.74, 6) is 0.397. The van der Waals surface area contributed by atoms with Crippen molar-refractivity contribution in [3.05, 3.63) is 54.6 Å². The van der Waals surface area contributed by atoms with Crippen LogP contribution in [0.4, 0.5) is 5.69 Å². The summed E-state index contributed by atoms with van der Waals surface area (Å²) in [6, 6.07) is 14.9. The molecule has 0 saturated carbocycles. The third kappa shape index (κ3) is 5.45. The van der Waals surface area contributed by atoms with Crippen LogP contribution < -0.4 is 14.4 Å². The van der Waals surface area contributed by atoms with Gasteiger partial charge >= 0.3 is 0 Å². The molecule has 0 amide bonds. The topological polar surface area (TPSA) is 104 Å². The summed E-state index contributed by atoms with van der Waals surface area (Å²) in [5.41, 5.74) is -0.108. The van der Waals surface area contributed by atoms with Gasteiger partial charge in [-0.05, 0) is 38.1 Å². The highest BCUT2D eigenvalue weighted by atomic mass is 32.2. The van der Waals surface area contributed by atoms with Gasteiger partial charge in [-0.1, -0.05) is 30.3 Å². The van der Waals surface area contributed by atoms with Crippen molar-refractivity contribution in [1.82, 2.24) is 0 Å². The molecule has 28 heavy (non-hydrogen) atoms. The summed E-state index contributed by atoms with van der Waals surface area (Å²) in [6.07, 6.45) is -0.950. The van der Waals surface area contributed by atoms with Gasteiger partial charge in [-0.25, -0.2) is 8.42 Å². The fourth-order valence-corrected chi connectivity index (χ4v) is 4.20. The second kappa shape index (κ2) is 9.38. The number of para-hydroxylation sites is 2. The Labute approximate surface area is 166 Å². The lowest BCUT2D eigenvalue weighted by Gasteiger charge is -2.29. The van der Waals surface area contributed by atoms with Crippen LogP contribution in [0.5, 0.6) is 5.75 Å². The van der Waals surface area contributed by atoms with Crippen molar-refractivity contribution in [1.29, 1.82) is 0 Å². The number of quaternary nitrogens is 1. The van der Waals surface area contributed by atoms with Crippen LogP contribution in [-0.2, 0) is 10.0 Å². The van der Waals surface area contributed by atoms with Crippen molar-refractivity contribution in [3.8, 4) is 5.75 Å². The van der Waals surface area contributed by atoms with Gasteiger partial charge < -0.3 is 20.3 Å². The van der Waals surface area contributed by atoms with E-state index >= 15 is 0 Å². The number of aliphatic hydroxyl groups is 2. The number of nitrogens with two attached hydrogens (primary N) is 1. The van der Waals surface area contributed by atoms with Gasteiger partial charge in [-0.2, -0.15) is 0 Å². The Balaban J connectivity index is 2.37. The molecule has 2 rings (SSSR count). The SMILES string of the molecule is COc1ccccc1N(C[C@@H](O)C[NH2+]C(C)(C)CO)S(=O)(=O)c1ccccc1. The average Bonchev–Trinajstić information content (AvgIpc) is 2.71. The molecule has 154 valence electrons. The first-order valence-corrected chi connectivity index (χ1v) is 10.5. The number of sulfonamides is 1. The third-order valence-electron chi connectivity index (χ3n) is 4.41. The van der Waals surface area contributed by atoms with E-state index in [9.17, 15) is 18.6 Å². The summed E-state index contributed by atoms with van der Waals surface area (Å²) in [7, 11) is -2.44. The fourth-order valence-electron chi connectivity index (χ4n) is 2.67. The zero-order chi connectivity index (χ0) is 20.8. The van der Waals surface area contributed by atoms with Crippen LogP contribution in [0, 0.1) is 0 Å². The molecule has 0 saturated heterocycles. The molecule has 4 N–H and O–H groups in total. The van der Waals surface area contributed by atoms with Crippen LogP contribution in [0.15, 0.2) is 59.5 Å². The molecule has 1 atom stereocenters. The predicted octanol–water partition coefficient (Wildman–Crippen LogP) is 0.586. The molecule has 0 bridgehead atoms. The molecule has 0 aliphatic carbocycles. The zero-order valence-corrected chi connectivity index (χ0v) is 17.3. The van der Waals surface area contributed by atoms with E-state index in [0.29, 0.717) is 11.4 Å². The molecule has 0 heterocycles. The first-order chi connectivity index (χ1) is 13.2. The Morgan fingerprint density at radius 2 is 1.71 bits per heavy atom. The highest BCUT2D eigenvalue weighted by molar-refractivity contribution is 7.92. The number of rotatable bonds is 10. The molecule has 8 heteroatoms. The molecular weight excluding hydrogens is 380 g/mol. The molecule has 0 aliphatic heterocycles. The van der Waals surface area contributed by atoms with Crippen LogP contribution in [-0.4, -0.2) is 57.1 Å². The highest BCUT2D eigenvalue weighted by Crippen LogP contribution is 2.32. The van der Waals surface area contributed by atoms with Crippen molar-refractivity contribution in [2.75, 3.05) is 31.1 Å². The van der Waals surface area contributed by atoms with Gasteiger partial charge in [0.15, 0.2) is 0 Å². The van der Waals surface area contributed by atoms with Gasteiger partial charge in [-0.15, -0.1) is 0 Å². The number of hydrogen-bond donors (Lipinski definition) is 3. The predicted molar refractivity (Wildman–Crippen MR) is 108 cm³/mol. The van der Waals surface area contributed by atoms with Gasteiger partial charge in [0, 0.05) is 0 Å². The first kappa shape index (κ1) is 22.2.